The van der Waals surface area contributed by atoms with Crippen LogP contribution in [0.15, 0.2) is 0 Å². The van der Waals surface area contributed by atoms with Crippen molar-refractivity contribution in [3.8, 4) is 0 Å². The van der Waals surface area contributed by atoms with Crippen molar-refractivity contribution in [2.45, 2.75) is 58.5 Å². The van der Waals surface area contributed by atoms with Crippen molar-refractivity contribution in [2.24, 2.45) is 5.92 Å². The molecule has 1 unspecified atom stereocenters. The average Bonchev–Trinajstić information content (AvgIpc) is 2.41. The van der Waals surface area contributed by atoms with E-state index in [1.807, 2.05) is 6.92 Å². The second-order valence-electron chi connectivity index (χ2n) is 5.29. The van der Waals surface area contributed by atoms with E-state index in [-0.39, 0.29) is 18.4 Å². The number of phosphoric acid groups is 1. The van der Waals surface area contributed by atoms with Crippen LogP contribution < -0.4 is 5.32 Å². The number of carbonyl (C=O) groups is 1. The third-order valence-corrected chi connectivity index (χ3v) is 3.62. The molecule has 0 heterocycles. The van der Waals surface area contributed by atoms with Crippen molar-refractivity contribution in [3.05, 3.63) is 0 Å². The lowest BCUT2D eigenvalue weighted by Gasteiger charge is -2.15. The third kappa shape index (κ3) is 13.0. The molecule has 0 rings (SSSR count). The van der Waals surface area contributed by atoms with Crippen LogP contribution in [-0.2, 0) is 13.9 Å². The Balaban J connectivity index is 3.74. The van der Waals surface area contributed by atoms with Crippen molar-refractivity contribution in [3.63, 3.8) is 0 Å². The Bertz CT molecular complexity index is 333. The van der Waals surface area contributed by atoms with E-state index in [2.05, 4.69) is 16.8 Å². The Morgan fingerprint density at radius 1 is 1.24 bits per heavy atom. The standard InChI is InChI=1S/C13H28NO6P/c1-3-4-5-6-7-8-11(2)13(16)14-9-12(15)10-20-21(17,18)19/h11-12,15H,3-10H2,1-2H3,(H,14,16)(H2,17,18,19)/t11-,12?/m0/s1. The van der Waals surface area contributed by atoms with Crippen LogP contribution in [0.1, 0.15) is 52.4 Å². The zero-order chi connectivity index (χ0) is 16.3. The summed E-state index contributed by atoms with van der Waals surface area (Å²) in [4.78, 5) is 28.7. The highest BCUT2D eigenvalue weighted by molar-refractivity contribution is 7.46. The molecule has 7 nitrogen and oxygen atoms in total. The predicted octanol–water partition coefficient (Wildman–Crippen LogP) is 1.57. The molecule has 0 aromatic carbocycles. The van der Waals surface area contributed by atoms with Crippen molar-refractivity contribution in [1.82, 2.24) is 5.32 Å². The van der Waals surface area contributed by atoms with Gasteiger partial charge in [-0.2, -0.15) is 0 Å². The Hall–Kier alpha value is -0.460. The molecule has 0 fully saturated rings. The molecule has 1 amide bonds. The minimum absolute atomic E-state index is 0.0843. The second-order valence-corrected chi connectivity index (χ2v) is 6.53. The SMILES string of the molecule is CCCCCCC[C@H](C)C(=O)NCC(O)COP(=O)(O)O. The van der Waals surface area contributed by atoms with Crippen LogP contribution in [-0.4, -0.2) is 40.1 Å². The number of nitrogens with one attached hydrogen (secondary N) is 1. The van der Waals surface area contributed by atoms with Gasteiger partial charge in [-0.05, 0) is 6.42 Å². The van der Waals surface area contributed by atoms with Gasteiger partial charge in [0.1, 0.15) is 0 Å². The molecule has 0 aromatic rings. The van der Waals surface area contributed by atoms with Crippen LogP contribution >= 0.6 is 7.82 Å². The number of unbranched alkanes of at least 4 members (excludes halogenated alkanes) is 4. The highest BCUT2D eigenvalue weighted by Gasteiger charge is 2.18. The molecule has 4 N–H and O–H groups in total. The summed E-state index contributed by atoms with van der Waals surface area (Å²) in [6, 6.07) is 0. The maximum Gasteiger partial charge on any atom is 0.469 e. The Kier molecular flexibility index (Phi) is 10.9. The molecule has 0 saturated carbocycles. The summed E-state index contributed by atoms with van der Waals surface area (Å²) < 4.78 is 14.6. The number of aliphatic hydroxyl groups is 1. The Morgan fingerprint density at radius 2 is 1.86 bits per heavy atom. The maximum atomic E-state index is 11.8. The fourth-order valence-corrected chi connectivity index (χ4v) is 2.19. The van der Waals surface area contributed by atoms with Gasteiger partial charge in [0.15, 0.2) is 0 Å². The lowest BCUT2D eigenvalue weighted by atomic mass is 10.0. The minimum Gasteiger partial charge on any atom is -0.389 e. The number of phosphoric ester groups is 1. The van der Waals surface area contributed by atoms with E-state index in [0.717, 1.165) is 19.3 Å². The molecule has 126 valence electrons. The Morgan fingerprint density at radius 3 is 2.43 bits per heavy atom. The number of hydrogen-bond donors (Lipinski definition) is 4. The molecule has 8 heteroatoms. The fourth-order valence-electron chi connectivity index (χ4n) is 1.82. The van der Waals surface area contributed by atoms with E-state index < -0.39 is 20.5 Å². The van der Waals surface area contributed by atoms with Gasteiger partial charge in [-0.1, -0.05) is 46.0 Å². The lowest BCUT2D eigenvalue weighted by Crippen LogP contribution is -2.37. The summed E-state index contributed by atoms with van der Waals surface area (Å²) in [7, 11) is -4.58. The summed E-state index contributed by atoms with van der Waals surface area (Å²) in [6.07, 6.45) is 5.35. The van der Waals surface area contributed by atoms with Crippen LogP contribution in [0.4, 0.5) is 0 Å². The molecule has 0 radical (unpaired) electrons. The van der Waals surface area contributed by atoms with Gasteiger partial charge in [0, 0.05) is 12.5 Å². The molecule has 0 aliphatic carbocycles. The van der Waals surface area contributed by atoms with Crippen LogP contribution in [0.2, 0.25) is 0 Å². The average molecular weight is 325 g/mol. The number of hydrogen-bond acceptors (Lipinski definition) is 4. The van der Waals surface area contributed by atoms with Crippen LogP contribution in [0.25, 0.3) is 0 Å². The summed E-state index contributed by atoms with van der Waals surface area (Å²) in [5, 5.41) is 12.0. The first-order valence-electron chi connectivity index (χ1n) is 7.42. The number of carbonyl (C=O) groups excluding carboxylic acids is 1. The summed E-state index contributed by atoms with van der Waals surface area (Å²) in [5.41, 5.74) is 0. The van der Waals surface area contributed by atoms with Gasteiger partial charge in [-0.25, -0.2) is 4.57 Å². The van der Waals surface area contributed by atoms with E-state index in [9.17, 15) is 14.5 Å². The Labute approximate surface area is 126 Å². The van der Waals surface area contributed by atoms with Crippen LogP contribution in [0, 0.1) is 5.92 Å². The first-order valence-corrected chi connectivity index (χ1v) is 8.95. The third-order valence-electron chi connectivity index (χ3n) is 3.14. The van der Waals surface area contributed by atoms with E-state index in [4.69, 9.17) is 9.79 Å². The summed E-state index contributed by atoms with van der Waals surface area (Å²) in [6.45, 7) is 3.38. The van der Waals surface area contributed by atoms with E-state index in [1.165, 1.54) is 19.3 Å². The molecular weight excluding hydrogens is 297 g/mol. The van der Waals surface area contributed by atoms with Gasteiger partial charge in [-0.3, -0.25) is 9.32 Å². The fraction of sp³-hybridized carbons (Fsp3) is 0.923. The predicted molar refractivity (Wildman–Crippen MR) is 79.6 cm³/mol. The molecule has 0 aromatic heterocycles. The molecule has 21 heavy (non-hydrogen) atoms. The number of rotatable bonds is 12. The van der Waals surface area contributed by atoms with Gasteiger partial charge in [-0.15, -0.1) is 0 Å². The van der Waals surface area contributed by atoms with Gasteiger partial charge >= 0.3 is 7.82 Å². The second kappa shape index (κ2) is 11.2. The highest BCUT2D eigenvalue weighted by Crippen LogP contribution is 2.35. The smallest absolute Gasteiger partial charge is 0.389 e. The minimum atomic E-state index is -4.58. The summed E-state index contributed by atoms with van der Waals surface area (Å²) in [5.74, 6) is -0.303. The van der Waals surface area contributed by atoms with Gasteiger partial charge < -0.3 is 20.2 Å². The van der Waals surface area contributed by atoms with Crippen molar-refractivity contribution < 1.29 is 28.8 Å². The topological polar surface area (TPSA) is 116 Å². The lowest BCUT2D eigenvalue weighted by molar-refractivity contribution is -0.125. The molecule has 0 spiro atoms. The molecular formula is C13H28NO6P. The monoisotopic (exact) mass is 325 g/mol. The van der Waals surface area contributed by atoms with E-state index in [1.54, 1.807) is 0 Å². The van der Waals surface area contributed by atoms with E-state index in [0.29, 0.717) is 0 Å². The molecule has 0 bridgehead atoms. The van der Waals surface area contributed by atoms with Crippen LogP contribution in [0.3, 0.4) is 0 Å². The van der Waals surface area contributed by atoms with Gasteiger partial charge in [0.05, 0.1) is 12.7 Å². The molecule has 0 aliphatic rings. The van der Waals surface area contributed by atoms with Gasteiger partial charge in [0.2, 0.25) is 5.91 Å². The molecule has 0 aliphatic heterocycles. The first-order chi connectivity index (χ1) is 9.76. The van der Waals surface area contributed by atoms with Crippen molar-refractivity contribution in [2.75, 3.05) is 13.2 Å². The zero-order valence-corrected chi connectivity index (χ0v) is 13.7. The highest BCUT2D eigenvalue weighted by atomic mass is 31.2. The zero-order valence-electron chi connectivity index (χ0n) is 12.8. The van der Waals surface area contributed by atoms with Crippen molar-refractivity contribution in [1.29, 1.82) is 0 Å². The van der Waals surface area contributed by atoms with Crippen molar-refractivity contribution >= 4 is 13.7 Å². The molecule has 0 saturated heterocycles. The van der Waals surface area contributed by atoms with Gasteiger partial charge in [0.25, 0.3) is 0 Å². The van der Waals surface area contributed by atoms with E-state index >= 15 is 0 Å². The summed E-state index contributed by atoms with van der Waals surface area (Å²) >= 11 is 0. The number of amides is 1. The molecule has 2 atom stereocenters. The largest absolute Gasteiger partial charge is 0.469 e. The maximum absolute atomic E-state index is 11.8. The first kappa shape index (κ1) is 20.5. The van der Waals surface area contributed by atoms with Crippen LogP contribution in [0.5, 0.6) is 0 Å². The quantitative estimate of drug-likeness (QED) is 0.320. The number of aliphatic hydroxyl groups excluding tert-OH is 1. The normalized spacial score (nSPS) is 14.7.